The molecule has 4 nitrogen and oxygen atoms in total. The van der Waals surface area contributed by atoms with Crippen molar-refractivity contribution in [1.82, 2.24) is 9.88 Å². The second-order valence-corrected chi connectivity index (χ2v) is 4.41. The molecular formula is C12H17N3OS. The quantitative estimate of drug-likeness (QED) is 0.826. The van der Waals surface area contributed by atoms with Gasteiger partial charge in [-0.05, 0) is 25.5 Å². The number of carbonyl (C=O) groups excluding carboxylic acids is 1. The fraction of sp³-hybridized carbons (Fsp3) is 0.417. The van der Waals surface area contributed by atoms with E-state index >= 15 is 0 Å². The molecular weight excluding hydrogens is 234 g/mol. The molecule has 0 aliphatic heterocycles. The molecule has 1 heterocycles. The highest BCUT2D eigenvalue weighted by atomic mass is 32.1. The lowest BCUT2D eigenvalue weighted by atomic mass is 10.2. The maximum absolute atomic E-state index is 12.0. The third-order valence-corrected chi connectivity index (χ3v) is 3.08. The topological polar surface area (TPSA) is 59.2 Å². The Morgan fingerprint density at radius 3 is 2.65 bits per heavy atom. The second kappa shape index (κ2) is 5.72. The molecule has 92 valence electrons. The third kappa shape index (κ3) is 3.23. The fourth-order valence-electron chi connectivity index (χ4n) is 1.32. The summed E-state index contributed by atoms with van der Waals surface area (Å²) in [5.74, 6) is -0.0890. The van der Waals surface area contributed by atoms with Crippen LogP contribution in [-0.2, 0) is 0 Å². The van der Waals surface area contributed by atoms with E-state index in [4.69, 9.17) is 18.0 Å². The highest BCUT2D eigenvalue weighted by Crippen LogP contribution is 2.07. The summed E-state index contributed by atoms with van der Waals surface area (Å²) in [6.07, 6.45) is 2.44. The smallest absolute Gasteiger partial charge is 0.272 e. The standard InChI is InChI=1S/C12H17N3OS/c1-4-8(2)15(3)12(16)10-6-5-9(7-14-10)11(13)17/h5-8H,4H2,1-3H3,(H2,13,17). The van der Waals surface area contributed by atoms with Crippen LogP contribution < -0.4 is 5.73 Å². The maximum atomic E-state index is 12.0. The molecule has 0 fully saturated rings. The fourth-order valence-corrected chi connectivity index (χ4v) is 1.44. The zero-order valence-electron chi connectivity index (χ0n) is 10.3. The van der Waals surface area contributed by atoms with Gasteiger partial charge in [0, 0.05) is 24.8 Å². The van der Waals surface area contributed by atoms with Crippen molar-refractivity contribution >= 4 is 23.1 Å². The molecule has 17 heavy (non-hydrogen) atoms. The minimum absolute atomic E-state index is 0.0890. The Morgan fingerprint density at radius 2 is 2.24 bits per heavy atom. The van der Waals surface area contributed by atoms with Crippen LogP contribution in [0.5, 0.6) is 0 Å². The summed E-state index contributed by atoms with van der Waals surface area (Å²) >= 11 is 4.83. The molecule has 0 radical (unpaired) electrons. The first kappa shape index (κ1) is 13.6. The first-order valence-corrected chi connectivity index (χ1v) is 5.91. The lowest BCUT2D eigenvalue weighted by Crippen LogP contribution is -2.35. The molecule has 0 aliphatic carbocycles. The SMILES string of the molecule is CCC(C)N(C)C(=O)c1ccc(C(N)=S)cn1. The Hall–Kier alpha value is -1.49. The highest BCUT2D eigenvalue weighted by molar-refractivity contribution is 7.80. The van der Waals surface area contributed by atoms with Gasteiger partial charge < -0.3 is 10.6 Å². The average molecular weight is 251 g/mol. The number of pyridine rings is 1. The molecule has 1 aromatic heterocycles. The van der Waals surface area contributed by atoms with Crippen molar-refractivity contribution in [3.63, 3.8) is 0 Å². The summed E-state index contributed by atoms with van der Waals surface area (Å²) in [5, 5.41) is 0. The van der Waals surface area contributed by atoms with E-state index in [0.717, 1.165) is 6.42 Å². The van der Waals surface area contributed by atoms with E-state index < -0.39 is 0 Å². The Balaban J connectivity index is 2.86. The van der Waals surface area contributed by atoms with Crippen LogP contribution in [0.15, 0.2) is 18.3 Å². The van der Waals surface area contributed by atoms with Crippen molar-refractivity contribution in [2.75, 3.05) is 7.05 Å². The van der Waals surface area contributed by atoms with Crippen molar-refractivity contribution in [3.8, 4) is 0 Å². The third-order valence-electron chi connectivity index (χ3n) is 2.84. The number of carbonyl (C=O) groups is 1. The number of hydrogen-bond acceptors (Lipinski definition) is 3. The zero-order chi connectivity index (χ0) is 13.0. The van der Waals surface area contributed by atoms with Crippen LogP contribution in [0, 0.1) is 0 Å². The predicted molar refractivity (Wildman–Crippen MR) is 72.0 cm³/mol. The molecule has 0 spiro atoms. The first-order valence-electron chi connectivity index (χ1n) is 5.50. The van der Waals surface area contributed by atoms with Crippen LogP contribution in [-0.4, -0.2) is 33.9 Å². The van der Waals surface area contributed by atoms with Gasteiger partial charge in [0.1, 0.15) is 10.7 Å². The molecule has 0 aliphatic rings. The van der Waals surface area contributed by atoms with Crippen molar-refractivity contribution in [2.45, 2.75) is 26.3 Å². The van der Waals surface area contributed by atoms with E-state index in [1.165, 1.54) is 6.20 Å². The maximum Gasteiger partial charge on any atom is 0.272 e. The molecule has 2 N–H and O–H groups in total. The number of amides is 1. The van der Waals surface area contributed by atoms with E-state index in [0.29, 0.717) is 11.3 Å². The van der Waals surface area contributed by atoms with E-state index in [1.54, 1.807) is 24.1 Å². The number of nitrogens with zero attached hydrogens (tertiary/aromatic N) is 2. The normalized spacial score (nSPS) is 11.9. The average Bonchev–Trinajstić information content (AvgIpc) is 2.36. The Morgan fingerprint density at radius 1 is 1.59 bits per heavy atom. The Bertz CT molecular complexity index is 416. The Labute approximate surface area is 107 Å². The number of nitrogens with two attached hydrogens (primary N) is 1. The van der Waals surface area contributed by atoms with E-state index in [1.807, 2.05) is 13.8 Å². The number of aromatic nitrogens is 1. The van der Waals surface area contributed by atoms with Gasteiger partial charge in [0.2, 0.25) is 0 Å². The predicted octanol–water partition coefficient (Wildman–Crippen LogP) is 1.59. The largest absolute Gasteiger partial charge is 0.389 e. The van der Waals surface area contributed by atoms with Gasteiger partial charge in [0.15, 0.2) is 0 Å². The Kier molecular flexibility index (Phi) is 4.57. The molecule has 5 heteroatoms. The minimum atomic E-state index is -0.0890. The lowest BCUT2D eigenvalue weighted by molar-refractivity contribution is 0.0734. The summed E-state index contributed by atoms with van der Waals surface area (Å²) in [7, 11) is 1.78. The summed E-state index contributed by atoms with van der Waals surface area (Å²) in [6.45, 7) is 4.04. The van der Waals surface area contributed by atoms with Gasteiger partial charge >= 0.3 is 0 Å². The summed E-state index contributed by atoms with van der Waals surface area (Å²) in [4.78, 5) is 18.1. The zero-order valence-corrected chi connectivity index (χ0v) is 11.1. The molecule has 1 rings (SSSR count). The van der Waals surface area contributed by atoms with E-state index in [-0.39, 0.29) is 16.9 Å². The van der Waals surface area contributed by atoms with Crippen LogP contribution >= 0.6 is 12.2 Å². The molecule has 1 atom stereocenters. The molecule has 1 amide bonds. The number of hydrogen-bond donors (Lipinski definition) is 1. The van der Waals surface area contributed by atoms with Gasteiger partial charge in [-0.1, -0.05) is 19.1 Å². The van der Waals surface area contributed by atoms with Gasteiger partial charge in [-0.2, -0.15) is 0 Å². The first-order chi connectivity index (χ1) is 7.97. The van der Waals surface area contributed by atoms with E-state index in [2.05, 4.69) is 4.98 Å². The van der Waals surface area contributed by atoms with Crippen LogP contribution in [0.3, 0.4) is 0 Å². The summed E-state index contributed by atoms with van der Waals surface area (Å²) in [5.41, 5.74) is 6.54. The van der Waals surface area contributed by atoms with Crippen molar-refractivity contribution < 1.29 is 4.79 Å². The lowest BCUT2D eigenvalue weighted by Gasteiger charge is -2.23. The van der Waals surface area contributed by atoms with Crippen LogP contribution in [0.25, 0.3) is 0 Å². The molecule has 0 saturated heterocycles. The highest BCUT2D eigenvalue weighted by Gasteiger charge is 2.17. The van der Waals surface area contributed by atoms with E-state index in [9.17, 15) is 4.79 Å². The molecule has 0 saturated carbocycles. The van der Waals surface area contributed by atoms with Crippen LogP contribution in [0.4, 0.5) is 0 Å². The van der Waals surface area contributed by atoms with Gasteiger partial charge in [-0.25, -0.2) is 0 Å². The monoisotopic (exact) mass is 251 g/mol. The van der Waals surface area contributed by atoms with Crippen molar-refractivity contribution in [2.24, 2.45) is 5.73 Å². The van der Waals surface area contributed by atoms with Gasteiger partial charge in [-0.3, -0.25) is 9.78 Å². The van der Waals surface area contributed by atoms with Gasteiger partial charge in [-0.15, -0.1) is 0 Å². The second-order valence-electron chi connectivity index (χ2n) is 3.97. The number of thiocarbonyl (C=S) groups is 1. The van der Waals surface area contributed by atoms with Gasteiger partial charge in [0.05, 0.1) is 0 Å². The van der Waals surface area contributed by atoms with Gasteiger partial charge in [0.25, 0.3) is 5.91 Å². The molecule has 1 unspecified atom stereocenters. The van der Waals surface area contributed by atoms with Crippen LogP contribution in [0.2, 0.25) is 0 Å². The summed E-state index contributed by atoms with van der Waals surface area (Å²) in [6, 6.07) is 3.56. The molecule has 1 aromatic rings. The summed E-state index contributed by atoms with van der Waals surface area (Å²) < 4.78 is 0. The number of rotatable bonds is 4. The molecule has 0 bridgehead atoms. The van der Waals surface area contributed by atoms with Crippen molar-refractivity contribution in [3.05, 3.63) is 29.6 Å². The van der Waals surface area contributed by atoms with Crippen LogP contribution in [0.1, 0.15) is 36.3 Å². The minimum Gasteiger partial charge on any atom is -0.389 e. The van der Waals surface area contributed by atoms with Crippen molar-refractivity contribution in [1.29, 1.82) is 0 Å². The molecule has 0 aromatic carbocycles.